The summed E-state index contributed by atoms with van der Waals surface area (Å²) in [5.74, 6) is 0. The number of halogens is 2. The third-order valence-electron chi connectivity index (χ3n) is 15.9. The molecule has 0 saturated heterocycles. The van der Waals surface area contributed by atoms with Gasteiger partial charge >= 0.3 is 346 Å². The van der Waals surface area contributed by atoms with Crippen LogP contribution in [0, 0.1) is 24.7 Å². The SMILES string of the molecule is CCC1(CC2=Cc3c(-c4ccc(C)cc4)cccc3[CH]2[Zr]([CH3])([CH3])(=[SiH2])[CH]2C(CC3(CC)CCCCCC3)=Cc3c(-c4ccc(C)cc4)cccc32)CCCCCC1.Cl.Cl. The minimum absolute atomic E-state index is 0. The summed E-state index contributed by atoms with van der Waals surface area (Å²) >= 11 is -3.95. The van der Waals surface area contributed by atoms with E-state index in [1.165, 1.54) is 147 Å². The Kier molecular flexibility index (Phi) is 14.3. The third kappa shape index (κ3) is 8.72. The number of hydrogen-bond donors (Lipinski definition) is 0. The second-order valence-electron chi connectivity index (χ2n) is 20.5. The first-order valence-electron chi connectivity index (χ1n) is 22.8. The van der Waals surface area contributed by atoms with Crippen molar-refractivity contribution in [1.29, 1.82) is 0 Å². The van der Waals surface area contributed by atoms with Gasteiger partial charge in [0.25, 0.3) is 0 Å². The number of aryl methyl sites for hydroxylation is 2. The topological polar surface area (TPSA) is 0 Å². The molecule has 4 aromatic rings. The predicted octanol–water partition coefficient (Wildman–Crippen LogP) is 16.7. The predicted molar refractivity (Wildman–Crippen MR) is 260 cm³/mol. The first-order chi connectivity index (χ1) is 26.9. The molecule has 310 valence electrons. The van der Waals surface area contributed by atoms with E-state index in [2.05, 4.69) is 141 Å². The minimum atomic E-state index is -3.95. The zero-order valence-corrected chi connectivity index (χ0v) is 42.2. The molecule has 4 aromatic carbocycles. The van der Waals surface area contributed by atoms with Gasteiger partial charge in [-0.05, 0) is 0 Å². The van der Waals surface area contributed by atoms with Crippen molar-refractivity contribution in [2.24, 2.45) is 10.8 Å². The fraction of sp³-hybridized carbons (Fsp3) is 0.481. The zero-order valence-electron chi connectivity index (χ0n) is 36.7. The molecule has 0 N–H and O–H groups in total. The molecular formula is C54H72Cl2SiZr. The van der Waals surface area contributed by atoms with E-state index in [-0.39, 0.29) is 24.8 Å². The Morgan fingerprint density at radius 3 is 1.19 bits per heavy atom. The Morgan fingerprint density at radius 1 is 0.517 bits per heavy atom. The van der Waals surface area contributed by atoms with Crippen molar-refractivity contribution >= 4 is 43.8 Å². The number of allylic oxidation sites excluding steroid dienone is 2. The molecule has 4 heteroatoms. The van der Waals surface area contributed by atoms with E-state index in [1.807, 2.05) is 0 Å². The minimum Gasteiger partial charge on any atom is -0.147 e. The molecule has 0 aromatic heterocycles. The summed E-state index contributed by atoms with van der Waals surface area (Å²) in [4.78, 5) is 0. The fourth-order valence-corrected chi connectivity index (χ4v) is 32.4. The molecule has 2 unspecified atom stereocenters. The fourth-order valence-electron chi connectivity index (χ4n) is 12.7. The number of hydrogen-bond acceptors (Lipinski definition) is 0. The van der Waals surface area contributed by atoms with Gasteiger partial charge in [0.2, 0.25) is 0 Å². The second-order valence-corrected chi connectivity index (χ2v) is 51.0. The molecule has 58 heavy (non-hydrogen) atoms. The van der Waals surface area contributed by atoms with Gasteiger partial charge in [-0.2, -0.15) is 0 Å². The van der Waals surface area contributed by atoms with Crippen molar-refractivity contribution < 1.29 is 17.4 Å². The molecular weight excluding hydrogens is 839 g/mol. The molecule has 0 bridgehead atoms. The maximum absolute atomic E-state index is 3.95. The van der Waals surface area contributed by atoms with Crippen molar-refractivity contribution in [1.82, 2.24) is 0 Å². The van der Waals surface area contributed by atoms with E-state index in [9.17, 15) is 0 Å². The van der Waals surface area contributed by atoms with Crippen molar-refractivity contribution in [3.05, 3.63) is 129 Å². The summed E-state index contributed by atoms with van der Waals surface area (Å²) in [6.07, 6.45) is 27.6. The van der Waals surface area contributed by atoms with Crippen LogP contribution in [0.5, 0.6) is 0 Å². The van der Waals surface area contributed by atoms with Gasteiger partial charge in [0.15, 0.2) is 0 Å². The summed E-state index contributed by atoms with van der Waals surface area (Å²) < 4.78 is 6.93. The molecule has 0 heterocycles. The Hall–Kier alpha value is -1.96. The summed E-state index contributed by atoms with van der Waals surface area (Å²) in [5.41, 5.74) is 19.1. The van der Waals surface area contributed by atoms with Gasteiger partial charge in [0, 0.05) is 0 Å². The zero-order chi connectivity index (χ0) is 39.2. The molecule has 0 spiro atoms. The van der Waals surface area contributed by atoms with Gasteiger partial charge in [-0.1, -0.05) is 0 Å². The van der Waals surface area contributed by atoms with Crippen LogP contribution < -0.4 is 0 Å². The van der Waals surface area contributed by atoms with Crippen LogP contribution in [0.4, 0.5) is 0 Å². The van der Waals surface area contributed by atoms with E-state index < -0.39 is 17.4 Å². The number of fused-ring (bicyclic) bond motifs is 2. The molecule has 2 atom stereocenters. The summed E-state index contributed by atoms with van der Waals surface area (Å²) in [5, 5.41) is 0. The molecule has 4 aliphatic rings. The van der Waals surface area contributed by atoms with E-state index in [1.54, 1.807) is 22.3 Å². The van der Waals surface area contributed by atoms with Crippen molar-refractivity contribution in [3.63, 3.8) is 0 Å². The summed E-state index contributed by atoms with van der Waals surface area (Å²) in [7, 11) is 0. The van der Waals surface area contributed by atoms with Gasteiger partial charge in [0.1, 0.15) is 0 Å². The van der Waals surface area contributed by atoms with E-state index in [4.69, 9.17) is 0 Å². The average molecular weight is 911 g/mol. The quantitative estimate of drug-likeness (QED) is 0.110. The van der Waals surface area contributed by atoms with Crippen LogP contribution in [0.1, 0.15) is 157 Å². The maximum Gasteiger partial charge on any atom is -0.147 e. The van der Waals surface area contributed by atoms with Gasteiger partial charge in [0.05, 0.1) is 0 Å². The smallest absolute Gasteiger partial charge is 0.147 e. The molecule has 4 aliphatic carbocycles. The molecule has 0 aliphatic heterocycles. The molecule has 8 rings (SSSR count). The van der Waals surface area contributed by atoms with Gasteiger partial charge in [-0.3, -0.25) is 0 Å². The maximum atomic E-state index is 2.93. The van der Waals surface area contributed by atoms with Crippen molar-refractivity contribution in [2.75, 3.05) is 0 Å². The van der Waals surface area contributed by atoms with Crippen molar-refractivity contribution in [3.8, 4) is 22.3 Å². The molecule has 0 radical (unpaired) electrons. The van der Waals surface area contributed by atoms with Gasteiger partial charge in [-0.25, -0.2) is 0 Å². The Labute approximate surface area is 367 Å². The molecule has 0 nitrogen and oxygen atoms in total. The third-order valence-corrected chi connectivity index (χ3v) is 33.4. The van der Waals surface area contributed by atoms with Crippen LogP contribution >= 0.6 is 24.8 Å². The standard InChI is InChI=1S/2C26H31.2CH3.2ClH.H2Si.Zr/c2*1-3-26(15-6-4-5-7-16-26)19-21-17-23-9-8-10-24(25(23)18-21)22-13-11-20(2)12-14-22;;;;;;/h2*8-14,17-18H,3-7,15-16,19H2,1-2H3;2*1H3;2*1H;1H2;. The monoisotopic (exact) mass is 908 g/mol. The van der Waals surface area contributed by atoms with Crippen LogP contribution in [0.2, 0.25) is 9.26 Å². The van der Waals surface area contributed by atoms with Crippen LogP contribution in [0.25, 0.3) is 34.4 Å². The number of benzene rings is 4. The van der Waals surface area contributed by atoms with Gasteiger partial charge in [-0.15, -0.1) is 24.8 Å². The van der Waals surface area contributed by atoms with Gasteiger partial charge < -0.3 is 0 Å². The van der Waals surface area contributed by atoms with Crippen molar-refractivity contribution in [2.45, 2.75) is 147 Å². The van der Waals surface area contributed by atoms with Crippen LogP contribution in [-0.4, -0.2) is 6.88 Å². The van der Waals surface area contributed by atoms with E-state index in [0.717, 1.165) is 0 Å². The van der Waals surface area contributed by atoms with E-state index >= 15 is 0 Å². The Bertz CT molecular complexity index is 2030. The average Bonchev–Trinajstić information content (AvgIpc) is 3.55. The Morgan fingerprint density at radius 2 is 0.862 bits per heavy atom. The van der Waals surface area contributed by atoms with Crippen LogP contribution in [0.15, 0.2) is 96.1 Å². The number of rotatable bonds is 10. The largest absolute Gasteiger partial charge is 0.147 e. The molecule has 0 amide bonds. The first-order valence-corrected chi connectivity index (χ1v) is 36.5. The first kappa shape index (κ1) is 45.6. The second kappa shape index (κ2) is 18.2. The summed E-state index contributed by atoms with van der Waals surface area (Å²) in [6, 6.07) is 33.6. The van der Waals surface area contributed by atoms with E-state index in [0.29, 0.717) is 18.1 Å². The molecule has 2 fully saturated rings. The van der Waals surface area contributed by atoms with Crippen LogP contribution in [0.3, 0.4) is 0 Å². The summed E-state index contributed by atoms with van der Waals surface area (Å²) in [6.45, 7) is 12.1. The Balaban J connectivity index is 0.00000283. The molecule has 2 saturated carbocycles. The van der Waals surface area contributed by atoms with Crippen LogP contribution in [-0.2, 0) is 17.4 Å². The normalized spacial score (nSPS) is 21.3.